The molecule has 3 rings (SSSR count). The van der Waals surface area contributed by atoms with Gasteiger partial charge in [-0.15, -0.1) is 5.10 Å². The molecule has 3 aromatic rings. The summed E-state index contributed by atoms with van der Waals surface area (Å²) in [5.74, 6) is 2.04. The summed E-state index contributed by atoms with van der Waals surface area (Å²) in [5.41, 5.74) is 1.38. The van der Waals surface area contributed by atoms with E-state index in [1.54, 1.807) is 18.7 Å². The van der Waals surface area contributed by atoms with Crippen LogP contribution >= 0.6 is 11.8 Å². The summed E-state index contributed by atoms with van der Waals surface area (Å²) in [6, 6.07) is 3.80. The number of carbonyl (C=O) groups is 1. The summed E-state index contributed by atoms with van der Waals surface area (Å²) in [5, 5.41) is 8.80. The number of hydrogen-bond donors (Lipinski definition) is 1. The van der Waals surface area contributed by atoms with Crippen LogP contribution in [-0.2, 0) is 4.79 Å². The molecular formula is C18H23N5O3S. The second-order valence-electron chi connectivity index (χ2n) is 6.18. The molecule has 0 radical (unpaired) electrons. The number of ether oxygens (including phenoxy) is 2. The molecule has 27 heavy (non-hydrogen) atoms. The maximum atomic E-state index is 12.1. The van der Waals surface area contributed by atoms with Gasteiger partial charge < -0.3 is 14.8 Å². The Balaban J connectivity index is 2.02. The van der Waals surface area contributed by atoms with Crippen molar-refractivity contribution in [3.05, 3.63) is 18.0 Å². The molecule has 1 N–H and O–H groups in total. The van der Waals surface area contributed by atoms with Gasteiger partial charge in [0.05, 0.1) is 25.5 Å². The summed E-state index contributed by atoms with van der Waals surface area (Å²) in [6.45, 7) is 5.84. The highest BCUT2D eigenvalue weighted by molar-refractivity contribution is 7.99. The molecule has 0 unspecified atom stereocenters. The lowest BCUT2D eigenvalue weighted by Gasteiger charge is -2.12. The highest BCUT2D eigenvalue weighted by Crippen LogP contribution is 2.34. The number of carbonyl (C=O) groups excluding carboxylic acids is 1. The lowest BCUT2D eigenvalue weighted by Crippen LogP contribution is -2.33. The number of aromatic nitrogens is 4. The Morgan fingerprint density at radius 2 is 1.96 bits per heavy atom. The fraction of sp³-hybridized carbons (Fsp3) is 0.444. The van der Waals surface area contributed by atoms with Crippen molar-refractivity contribution in [1.29, 1.82) is 0 Å². The minimum atomic E-state index is -0.0338. The van der Waals surface area contributed by atoms with Crippen LogP contribution in [0.2, 0.25) is 0 Å². The van der Waals surface area contributed by atoms with E-state index in [1.807, 2.05) is 32.9 Å². The molecule has 2 aromatic heterocycles. The molecule has 0 bridgehead atoms. The number of fused-ring (bicyclic) bond motifs is 3. The van der Waals surface area contributed by atoms with E-state index in [-0.39, 0.29) is 17.7 Å². The zero-order chi connectivity index (χ0) is 19.6. The molecule has 0 saturated carbocycles. The van der Waals surface area contributed by atoms with E-state index in [9.17, 15) is 4.79 Å². The Bertz CT molecular complexity index is 988. The zero-order valence-electron chi connectivity index (χ0n) is 16.1. The van der Waals surface area contributed by atoms with E-state index >= 15 is 0 Å². The van der Waals surface area contributed by atoms with Gasteiger partial charge in [-0.25, -0.2) is 9.97 Å². The topological polar surface area (TPSA) is 90.6 Å². The van der Waals surface area contributed by atoms with E-state index in [2.05, 4.69) is 20.4 Å². The van der Waals surface area contributed by atoms with Crippen molar-refractivity contribution in [3.8, 4) is 11.5 Å². The molecule has 0 aliphatic carbocycles. The van der Waals surface area contributed by atoms with Gasteiger partial charge in [-0.1, -0.05) is 18.7 Å². The third-order valence-corrected chi connectivity index (χ3v) is 5.13. The normalized spacial score (nSPS) is 12.3. The summed E-state index contributed by atoms with van der Waals surface area (Å²) >= 11 is 1.33. The molecule has 8 nitrogen and oxygen atoms in total. The largest absolute Gasteiger partial charge is 0.493 e. The minimum Gasteiger partial charge on any atom is -0.493 e. The SMILES string of the molecule is CC[C@H](C)NC(=O)CSc1nc2cc(OC)c(OC)cc2c2nc(C)nn12. The van der Waals surface area contributed by atoms with Crippen molar-refractivity contribution in [1.82, 2.24) is 24.9 Å². The molecule has 1 atom stereocenters. The van der Waals surface area contributed by atoms with Crippen LogP contribution < -0.4 is 14.8 Å². The number of nitrogens with zero attached hydrogens (tertiary/aromatic N) is 4. The first-order valence-corrected chi connectivity index (χ1v) is 9.66. The van der Waals surface area contributed by atoms with Crippen molar-refractivity contribution >= 4 is 34.2 Å². The van der Waals surface area contributed by atoms with Crippen LogP contribution in [0.1, 0.15) is 26.1 Å². The Morgan fingerprint density at radius 1 is 1.26 bits per heavy atom. The Hall–Kier alpha value is -2.55. The molecule has 1 amide bonds. The average molecular weight is 389 g/mol. The molecule has 2 heterocycles. The zero-order valence-corrected chi connectivity index (χ0v) is 16.9. The Kier molecular flexibility index (Phi) is 5.69. The number of rotatable bonds is 7. The quantitative estimate of drug-likeness (QED) is 0.491. The summed E-state index contributed by atoms with van der Waals surface area (Å²) in [7, 11) is 3.17. The molecule has 144 valence electrons. The van der Waals surface area contributed by atoms with E-state index in [0.29, 0.717) is 33.6 Å². The Morgan fingerprint density at radius 3 is 2.63 bits per heavy atom. The van der Waals surface area contributed by atoms with Gasteiger partial charge in [0, 0.05) is 17.5 Å². The number of amides is 1. The lowest BCUT2D eigenvalue weighted by molar-refractivity contribution is -0.119. The van der Waals surface area contributed by atoms with Crippen molar-refractivity contribution in [3.63, 3.8) is 0 Å². The van der Waals surface area contributed by atoms with Gasteiger partial charge in [0.15, 0.2) is 22.3 Å². The van der Waals surface area contributed by atoms with Gasteiger partial charge in [0.25, 0.3) is 0 Å². The summed E-state index contributed by atoms with van der Waals surface area (Å²) in [6.07, 6.45) is 0.888. The predicted octanol–water partition coefficient (Wildman–Crippen LogP) is 2.61. The van der Waals surface area contributed by atoms with Crippen LogP contribution in [0, 0.1) is 6.92 Å². The molecule has 9 heteroatoms. The third kappa shape index (κ3) is 3.92. The number of methoxy groups -OCH3 is 2. The molecule has 1 aromatic carbocycles. The number of hydrogen-bond acceptors (Lipinski definition) is 7. The molecule has 0 spiro atoms. The smallest absolute Gasteiger partial charge is 0.230 e. The van der Waals surface area contributed by atoms with Crippen LogP contribution in [0.3, 0.4) is 0 Å². The summed E-state index contributed by atoms with van der Waals surface area (Å²) < 4.78 is 12.4. The van der Waals surface area contributed by atoms with Gasteiger partial charge >= 0.3 is 0 Å². The number of aryl methyl sites for hydroxylation is 1. The van der Waals surface area contributed by atoms with E-state index in [4.69, 9.17) is 9.47 Å². The fourth-order valence-corrected chi connectivity index (χ4v) is 3.41. The second kappa shape index (κ2) is 7.99. The van der Waals surface area contributed by atoms with Gasteiger partial charge in [0.2, 0.25) is 5.91 Å². The predicted molar refractivity (Wildman–Crippen MR) is 105 cm³/mol. The monoisotopic (exact) mass is 389 g/mol. The standard InChI is InChI=1S/C18H23N5O3S/c1-6-10(2)19-16(24)9-27-18-21-13-8-15(26-5)14(25-4)7-12(13)17-20-11(3)22-23(17)18/h7-8,10H,6,9H2,1-5H3,(H,19,24)/t10-/m0/s1. The van der Waals surface area contributed by atoms with Gasteiger partial charge in [0.1, 0.15) is 5.82 Å². The minimum absolute atomic E-state index is 0.0338. The molecular weight excluding hydrogens is 366 g/mol. The molecule has 0 aliphatic heterocycles. The van der Waals surface area contributed by atoms with Crippen molar-refractivity contribution in [2.75, 3.05) is 20.0 Å². The molecule has 0 saturated heterocycles. The van der Waals surface area contributed by atoms with Gasteiger partial charge in [-0.2, -0.15) is 4.52 Å². The first-order chi connectivity index (χ1) is 13.0. The highest BCUT2D eigenvalue weighted by Gasteiger charge is 2.17. The van der Waals surface area contributed by atoms with Crippen molar-refractivity contribution < 1.29 is 14.3 Å². The maximum absolute atomic E-state index is 12.1. The maximum Gasteiger partial charge on any atom is 0.230 e. The van der Waals surface area contributed by atoms with Crippen molar-refractivity contribution in [2.24, 2.45) is 0 Å². The highest BCUT2D eigenvalue weighted by atomic mass is 32.2. The van der Waals surface area contributed by atoms with Gasteiger partial charge in [-0.05, 0) is 26.3 Å². The van der Waals surface area contributed by atoms with E-state index < -0.39 is 0 Å². The van der Waals surface area contributed by atoms with Crippen molar-refractivity contribution in [2.45, 2.75) is 38.4 Å². The van der Waals surface area contributed by atoms with Crippen LogP contribution in [0.25, 0.3) is 16.6 Å². The Labute approximate surface area is 161 Å². The van der Waals surface area contributed by atoms with Gasteiger partial charge in [-0.3, -0.25) is 4.79 Å². The second-order valence-corrected chi connectivity index (χ2v) is 7.12. The molecule has 0 aliphatic rings. The van der Waals surface area contributed by atoms with Crippen LogP contribution in [0.15, 0.2) is 17.3 Å². The number of benzene rings is 1. The summed E-state index contributed by atoms with van der Waals surface area (Å²) in [4.78, 5) is 21.3. The van der Waals surface area contributed by atoms with Crippen LogP contribution in [0.5, 0.6) is 11.5 Å². The third-order valence-electron chi connectivity index (χ3n) is 4.21. The first kappa shape index (κ1) is 19.2. The average Bonchev–Trinajstić information content (AvgIpc) is 3.06. The van der Waals surface area contributed by atoms with E-state index in [0.717, 1.165) is 11.8 Å². The first-order valence-electron chi connectivity index (χ1n) is 8.68. The number of nitrogens with one attached hydrogen (secondary N) is 1. The molecule has 0 fully saturated rings. The number of thioether (sulfide) groups is 1. The van der Waals surface area contributed by atoms with Crippen LogP contribution in [0.4, 0.5) is 0 Å². The lowest BCUT2D eigenvalue weighted by atomic mass is 10.2. The van der Waals surface area contributed by atoms with E-state index in [1.165, 1.54) is 11.8 Å². The van der Waals surface area contributed by atoms with Crippen LogP contribution in [-0.4, -0.2) is 51.5 Å². The fourth-order valence-electron chi connectivity index (χ4n) is 2.66.